The monoisotopic (exact) mass is 432 g/mol. The van der Waals surface area contributed by atoms with Crippen LogP contribution in [0.25, 0.3) is 0 Å². The average molecular weight is 434 g/mol. The number of hydrogen-bond acceptors (Lipinski definition) is 4. The summed E-state index contributed by atoms with van der Waals surface area (Å²) in [5, 5.41) is 0. The van der Waals surface area contributed by atoms with Crippen LogP contribution in [0.1, 0.15) is 18.2 Å². The quantitative estimate of drug-likeness (QED) is 0.805. The minimum Gasteiger partial charge on any atom is -0.338 e. The maximum Gasteiger partial charge on any atom is 0.247 e. The summed E-state index contributed by atoms with van der Waals surface area (Å²) >= 11 is 0. The molecular weight excluding hydrogens is 407 g/mol. The van der Waals surface area contributed by atoms with E-state index in [-0.39, 0.29) is 43.1 Å². The molecule has 1 unspecified atom stereocenters. The van der Waals surface area contributed by atoms with Crippen LogP contribution >= 0.6 is 37.2 Å². The second-order valence-corrected chi connectivity index (χ2v) is 6.46. The smallest absolute Gasteiger partial charge is 0.247 e. The van der Waals surface area contributed by atoms with Gasteiger partial charge < -0.3 is 10.6 Å². The molecule has 0 aliphatic carbocycles. The standard InChI is InChI=1S/C19H24N4O.3ClH/c1-19(20,16-7-3-2-4-8-16)18(24)23-13-11-22(12-14-23)15-17-9-5-6-10-21-17;;;/h2-10H,11-15,20H2,1H3;3*1H. The van der Waals surface area contributed by atoms with Crippen molar-refractivity contribution in [2.45, 2.75) is 19.0 Å². The first-order valence-electron chi connectivity index (χ1n) is 8.33. The number of amides is 1. The maximum atomic E-state index is 12.9. The summed E-state index contributed by atoms with van der Waals surface area (Å²) in [7, 11) is 0. The number of piperazine rings is 1. The highest BCUT2D eigenvalue weighted by molar-refractivity contribution is 5.87. The maximum absolute atomic E-state index is 12.9. The Morgan fingerprint density at radius 1 is 1.00 bits per heavy atom. The Kier molecular flexibility index (Phi) is 10.9. The fourth-order valence-electron chi connectivity index (χ4n) is 3.07. The van der Waals surface area contributed by atoms with Gasteiger partial charge in [-0.1, -0.05) is 36.4 Å². The van der Waals surface area contributed by atoms with Gasteiger partial charge in [-0.15, -0.1) is 37.2 Å². The Balaban J connectivity index is 0.00000225. The molecule has 1 aliphatic rings. The summed E-state index contributed by atoms with van der Waals surface area (Å²) in [6.45, 7) is 5.70. The van der Waals surface area contributed by atoms with Gasteiger partial charge >= 0.3 is 0 Å². The van der Waals surface area contributed by atoms with Crippen molar-refractivity contribution in [3.05, 3.63) is 66.0 Å². The summed E-state index contributed by atoms with van der Waals surface area (Å²) in [4.78, 5) is 21.4. The molecule has 0 spiro atoms. The molecule has 0 bridgehead atoms. The van der Waals surface area contributed by atoms with E-state index >= 15 is 0 Å². The van der Waals surface area contributed by atoms with Crippen molar-refractivity contribution in [1.29, 1.82) is 0 Å². The third-order valence-corrected chi connectivity index (χ3v) is 4.59. The van der Waals surface area contributed by atoms with Gasteiger partial charge in [0.2, 0.25) is 5.91 Å². The van der Waals surface area contributed by atoms with E-state index in [1.165, 1.54) is 0 Å². The lowest BCUT2D eigenvalue weighted by Crippen LogP contribution is -2.56. The molecule has 0 radical (unpaired) electrons. The summed E-state index contributed by atoms with van der Waals surface area (Å²) in [5.41, 5.74) is 7.29. The second-order valence-electron chi connectivity index (χ2n) is 6.46. The molecule has 27 heavy (non-hydrogen) atoms. The van der Waals surface area contributed by atoms with Crippen molar-refractivity contribution < 1.29 is 4.79 Å². The molecule has 8 heteroatoms. The van der Waals surface area contributed by atoms with Crippen LogP contribution in [0.4, 0.5) is 0 Å². The van der Waals surface area contributed by atoms with Crippen molar-refractivity contribution >= 4 is 43.1 Å². The summed E-state index contributed by atoms with van der Waals surface area (Å²) < 4.78 is 0. The number of pyridine rings is 1. The van der Waals surface area contributed by atoms with Crippen LogP contribution in [-0.2, 0) is 16.9 Å². The number of nitrogens with two attached hydrogens (primary N) is 1. The lowest BCUT2D eigenvalue weighted by atomic mass is 9.91. The minimum atomic E-state index is -0.982. The molecule has 1 aromatic heterocycles. The topological polar surface area (TPSA) is 62.5 Å². The number of nitrogens with zero attached hydrogens (tertiary/aromatic N) is 3. The van der Waals surface area contributed by atoms with E-state index in [0.717, 1.165) is 30.9 Å². The number of carbonyl (C=O) groups is 1. The van der Waals surface area contributed by atoms with Gasteiger partial charge in [0.15, 0.2) is 0 Å². The predicted octanol–water partition coefficient (Wildman–Crippen LogP) is 2.87. The van der Waals surface area contributed by atoms with E-state index in [2.05, 4.69) is 9.88 Å². The zero-order valence-electron chi connectivity index (χ0n) is 15.3. The van der Waals surface area contributed by atoms with Gasteiger partial charge in [0.25, 0.3) is 0 Å². The van der Waals surface area contributed by atoms with Crippen molar-refractivity contribution in [1.82, 2.24) is 14.8 Å². The molecule has 1 aromatic carbocycles. The fraction of sp³-hybridized carbons (Fsp3) is 0.368. The minimum absolute atomic E-state index is 0. The van der Waals surface area contributed by atoms with Gasteiger partial charge in [-0.25, -0.2) is 0 Å². The van der Waals surface area contributed by atoms with Crippen LogP contribution in [0, 0.1) is 0 Å². The zero-order valence-corrected chi connectivity index (χ0v) is 17.7. The Hall–Kier alpha value is -1.37. The lowest BCUT2D eigenvalue weighted by molar-refractivity contribution is -0.138. The van der Waals surface area contributed by atoms with Crippen LogP contribution in [0.2, 0.25) is 0 Å². The number of halogens is 3. The van der Waals surface area contributed by atoms with E-state index in [1.54, 1.807) is 6.92 Å². The van der Waals surface area contributed by atoms with Crippen LogP contribution in [0.5, 0.6) is 0 Å². The van der Waals surface area contributed by atoms with E-state index in [9.17, 15) is 4.79 Å². The van der Waals surface area contributed by atoms with Gasteiger partial charge in [0.1, 0.15) is 5.54 Å². The average Bonchev–Trinajstić information content (AvgIpc) is 2.63. The van der Waals surface area contributed by atoms with Crippen molar-refractivity contribution in [3.8, 4) is 0 Å². The molecule has 3 rings (SSSR count). The first kappa shape index (κ1) is 25.6. The fourth-order valence-corrected chi connectivity index (χ4v) is 3.07. The molecule has 2 aromatic rings. The Labute approximate surface area is 179 Å². The highest BCUT2D eigenvalue weighted by Crippen LogP contribution is 2.21. The summed E-state index contributed by atoms with van der Waals surface area (Å²) in [5.74, 6) is -0.00816. The van der Waals surface area contributed by atoms with Crippen molar-refractivity contribution in [2.24, 2.45) is 5.73 Å². The van der Waals surface area contributed by atoms with Crippen molar-refractivity contribution in [2.75, 3.05) is 26.2 Å². The molecule has 1 aliphatic heterocycles. The SMILES string of the molecule is CC(N)(C(=O)N1CCN(Cc2ccccn2)CC1)c1ccccc1.Cl.Cl.Cl. The zero-order chi connectivity index (χ0) is 17.0. The molecule has 1 fully saturated rings. The van der Waals surface area contributed by atoms with E-state index in [4.69, 9.17) is 5.73 Å². The molecular formula is C19H27Cl3N4O. The van der Waals surface area contributed by atoms with Gasteiger partial charge in [0.05, 0.1) is 5.69 Å². The molecule has 5 nitrogen and oxygen atoms in total. The van der Waals surface area contributed by atoms with Gasteiger partial charge in [-0.3, -0.25) is 14.7 Å². The summed E-state index contributed by atoms with van der Waals surface area (Å²) in [6, 6.07) is 15.5. The molecule has 2 N–H and O–H groups in total. The number of aromatic nitrogens is 1. The third kappa shape index (κ3) is 6.33. The second kappa shape index (κ2) is 11.5. The lowest BCUT2D eigenvalue weighted by Gasteiger charge is -2.38. The summed E-state index contributed by atoms with van der Waals surface area (Å²) in [6.07, 6.45) is 1.81. The first-order chi connectivity index (χ1) is 11.6. The highest BCUT2D eigenvalue weighted by atomic mass is 35.5. The van der Waals surface area contributed by atoms with Crippen LogP contribution in [-0.4, -0.2) is 46.9 Å². The number of hydrogen-bond donors (Lipinski definition) is 1. The number of rotatable bonds is 4. The van der Waals surface area contributed by atoms with Gasteiger partial charge in [-0.05, 0) is 24.6 Å². The van der Waals surface area contributed by atoms with Crippen LogP contribution < -0.4 is 5.73 Å². The highest BCUT2D eigenvalue weighted by Gasteiger charge is 2.35. The Morgan fingerprint density at radius 2 is 1.59 bits per heavy atom. The van der Waals surface area contributed by atoms with Gasteiger partial charge in [0, 0.05) is 38.9 Å². The molecule has 1 saturated heterocycles. The van der Waals surface area contributed by atoms with Crippen molar-refractivity contribution in [3.63, 3.8) is 0 Å². The Bertz CT molecular complexity index is 678. The van der Waals surface area contributed by atoms with E-state index < -0.39 is 5.54 Å². The molecule has 150 valence electrons. The van der Waals surface area contributed by atoms with E-state index in [0.29, 0.717) is 13.1 Å². The molecule has 0 saturated carbocycles. The molecule has 1 atom stereocenters. The third-order valence-electron chi connectivity index (χ3n) is 4.59. The largest absolute Gasteiger partial charge is 0.338 e. The molecule has 1 amide bonds. The Morgan fingerprint density at radius 3 is 2.15 bits per heavy atom. The first-order valence-corrected chi connectivity index (χ1v) is 8.33. The van der Waals surface area contributed by atoms with Crippen LogP contribution in [0.3, 0.4) is 0 Å². The van der Waals surface area contributed by atoms with Crippen LogP contribution in [0.15, 0.2) is 54.7 Å². The molecule has 2 heterocycles. The van der Waals surface area contributed by atoms with E-state index in [1.807, 2.05) is 59.6 Å². The number of carbonyl (C=O) groups excluding carboxylic acids is 1. The predicted molar refractivity (Wildman–Crippen MR) is 116 cm³/mol. The van der Waals surface area contributed by atoms with Gasteiger partial charge in [-0.2, -0.15) is 0 Å². The number of benzene rings is 1. The normalized spacial score (nSPS) is 16.1.